The van der Waals surface area contributed by atoms with Gasteiger partial charge in [0.25, 0.3) is 0 Å². The number of halogens is 3. The number of rotatable bonds is 9. The Labute approximate surface area is 172 Å². The topological polar surface area (TPSA) is 48.9 Å². The van der Waals surface area contributed by atoms with E-state index in [-0.39, 0.29) is 29.7 Å². The summed E-state index contributed by atoms with van der Waals surface area (Å²) in [5.41, 5.74) is 1.65. The first-order valence-corrected chi connectivity index (χ1v) is 8.64. The molecule has 0 aliphatic carbocycles. The molecule has 0 aliphatic rings. The van der Waals surface area contributed by atoms with Gasteiger partial charge in [0.2, 0.25) is 0 Å². The predicted molar refractivity (Wildman–Crippen MR) is 114 cm³/mol. The highest BCUT2D eigenvalue weighted by Crippen LogP contribution is 2.21. The number of benzene rings is 1. The molecule has 150 valence electrons. The SMILES string of the molecule is CCN(CC)C(C)CNC(=NC)NCc1cc(C)ccc1OC(F)F.I. The molecule has 0 amide bonds. The summed E-state index contributed by atoms with van der Waals surface area (Å²) in [5, 5.41) is 6.42. The van der Waals surface area contributed by atoms with E-state index in [0.29, 0.717) is 24.1 Å². The van der Waals surface area contributed by atoms with Gasteiger partial charge in [-0.1, -0.05) is 31.5 Å². The third-order valence-electron chi connectivity index (χ3n) is 4.10. The number of guanidine groups is 1. The van der Waals surface area contributed by atoms with E-state index in [1.54, 1.807) is 19.2 Å². The minimum Gasteiger partial charge on any atom is -0.434 e. The van der Waals surface area contributed by atoms with Crippen LogP contribution in [0.15, 0.2) is 23.2 Å². The Morgan fingerprint density at radius 3 is 2.42 bits per heavy atom. The lowest BCUT2D eigenvalue weighted by molar-refractivity contribution is -0.0504. The van der Waals surface area contributed by atoms with Gasteiger partial charge in [-0.05, 0) is 33.0 Å². The summed E-state index contributed by atoms with van der Waals surface area (Å²) in [6.45, 7) is 8.57. The first-order chi connectivity index (χ1) is 11.9. The maximum atomic E-state index is 12.5. The first-order valence-electron chi connectivity index (χ1n) is 8.64. The first kappa shape index (κ1) is 24.8. The molecule has 5 nitrogen and oxygen atoms in total. The van der Waals surface area contributed by atoms with Gasteiger partial charge in [-0.2, -0.15) is 8.78 Å². The quantitative estimate of drug-likeness (QED) is 0.320. The second-order valence-electron chi connectivity index (χ2n) is 5.87. The summed E-state index contributed by atoms with van der Waals surface area (Å²) in [4.78, 5) is 6.53. The highest BCUT2D eigenvalue weighted by Gasteiger charge is 2.12. The van der Waals surface area contributed by atoms with Crippen molar-refractivity contribution >= 4 is 29.9 Å². The highest BCUT2D eigenvalue weighted by molar-refractivity contribution is 14.0. The molecule has 2 N–H and O–H groups in total. The molecule has 1 aromatic carbocycles. The van der Waals surface area contributed by atoms with Crippen molar-refractivity contribution < 1.29 is 13.5 Å². The molecule has 0 fully saturated rings. The standard InChI is InChI=1S/C18H30F2N4O.HI/c1-6-24(7-2)14(4)11-22-18(21-5)23-12-15-10-13(3)8-9-16(15)25-17(19)20;/h8-10,14,17H,6-7,11-12H2,1-5H3,(H2,21,22,23);1H. The van der Waals surface area contributed by atoms with E-state index in [1.807, 2.05) is 13.0 Å². The van der Waals surface area contributed by atoms with Crippen molar-refractivity contribution in [3.8, 4) is 5.75 Å². The van der Waals surface area contributed by atoms with Crippen molar-refractivity contribution in [3.63, 3.8) is 0 Å². The second kappa shape index (κ2) is 13.1. The molecule has 0 aromatic heterocycles. The number of likely N-dealkylation sites (N-methyl/N-ethyl adjacent to an activating group) is 1. The molecule has 0 aliphatic heterocycles. The zero-order chi connectivity index (χ0) is 18.8. The van der Waals surface area contributed by atoms with Crippen molar-refractivity contribution in [1.29, 1.82) is 0 Å². The summed E-state index contributed by atoms with van der Waals surface area (Å²) in [6, 6.07) is 5.51. The number of nitrogens with one attached hydrogen (secondary N) is 2. The van der Waals surface area contributed by atoms with Gasteiger partial charge < -0.3 is 15.4 Å². The largest absolute Gasteiger partial charge is 0.434 e. The zero-order valence-corrected chi connectivity index (χ0v) is 18.5. The highest BCUT2D eigenvalue weighted by atomic mass is 127. The summed E-state index contributed by atoms with van der Waals surface area (Å²) >= 11 is 0. The molecule has 1 rings (SSSR count). The number of nitrogens with zero attached hydrogens (tertiary/aromatic N) is 2. The van der Waals surface area contributed by atoms with E-state index in [0.717, 1.165) is 25.2 Å². The monoisotopic (exact) mass is 484 g/mol. The van der Waals surface area contributed by atoms with Gasteiger partial charge in [-0.15, -0.1) is 24.0 Å². The average Bonchev–Trinajstić information content (AvgIpc) is 2.58. The van der Waals surface area contributed by atoms with Crippen LogP contribution in [-0.2, 0) is 6.54 Å². The van der Waals surface area contributed by atoms with Crippen molar-refractivity contribution in [3.05, 3.63) is 29.3 Å². The third-order valence-corrected chi connectivity index (χ3v) is 4.10. The molecule has 0 radical (unpaired) electrons. The van der Waals surface area contributed by atoms with Gasteiger partial charge in [0.15, 0.2) is 5.96 Å². The van der Waals surface area contributed by atoms with E-state index >= 15 is 0 Å². The third kappa shape index (κ3) is 8.48. The van der Waals surface area contributed by atoms with Crippen LogP contribution in [0.2, 0.25) is 0 Å². The smallest absolute Gasteiger partial charge is 0.387 e. The summed E-state index contributed by atoms with van der Waals surface area (Å²) in [7, 11) is 1.68. The molecule has 26 heavy (non-hydrogen) atoms. The Balaban J connectivity index is 0.00000625. The number of ether oxygens (including phenoxy) is 1. The van der Waals surface area contributed by atoms with Crippen molar-refractivity contribution in [2.75, 3.05) is 26.7 Å². The molecule has 0 heterocycles. The number of hydrogen-bond donors (Lipinski definition) is 2. The fourth-order valence-electron chi connectivity index (χ4n) is 2.68. The minimum absolute atomic E-state index is 0. The molecule has 0 spiro atoms. The maximum absolute atomic E-state index is 12.5. The maximum Gasteiger partial charge on any atom is 0.387 e. The Morgan fingerprint density at radius 2 is 1.88 bits per heavy atom. The molecular weight excluding hydrogens is 453 g/mol. The molecule has 0 saturated carbocycles. The molecule has 1 aromatic rings. The molecule has 0 saturated heterocycles. The number of alkyl halides is 2. The van der Waals surface area contributed by atoms with Crippen LogP contribution in [0.5, 0.6) is 5.75 Å². The van der Waals surface area contributed by atoms with Crippen LogP contribution in [0.3, 0.4) is 0 Å². The second-order valence-corrected chi connectivity index (χ2v) is 5.87. The predicted octanol–water partition coefficient (Wildman–Crippen LogP) is 3.61. The molecule has 8 heteroatoms. The number of hydrogen-bond acceptors (Lipinski definition) is 3. The summed E-state index contributed by atoms with van der Waals surface area (Å²) in [5.74, 6) is 0.809. The summed E-state index contributed by atoms with van der Waals surface area (Å²) < 4.78 is 29.7. The Kier molecular flexibility index (Phi) is 12.5. The van der Waals surface area contributed by atoms with E-state index in [4.69, 9.17) is 0 Å². The lowest BCUT2D eigenvalue weighted by Crippen LogP contribution is -2.45. The molecular formula is C18H31F2IN4O. The molecule has 1 atom stereocenters. The Bertz CT molecular complexity index is 554. The van der Waals surface area contributed by atoms with Crippen LogP contribution in [0.4, 0.5) is 8.78 Å². The fraction of sp³-hybridized carbons (Fsp3) is 0.611. The van der Waals surface area contributed by atoms with Gasteiger partial charge >= 0.3 is 6.61 Å². The number of aliphatic imine (C=N–C) groups is 1. The lowest BCUT2D eigenvalue weighted by atomic mass is 10.1. The van der Waals surface area contributed by atoms with Crippen LogP contribution in [0.25, 0.3) is 0 Å². The fourth-order valence-corrected chi connectivity index (χ4v) is 2.68. The van der Waals surface area contributed by atoms with Crippen LogP contribution in [-0.4, -0.2) is 50.2 Å². The van der Waals surface area contributed by atoms with Gasteiger partial charge in [0.05, 0.1) is 0 Å². The van der Waals surface area contributed by atoms with Gasteiger partial charge in [-0.3, -0.25) is 9.89 Å². The summed E-state index contributed by atoms with van der Waals surface area (Å²) in [6.07, 6.45) is 0. The van der Waals surface area contributed by atoms with Gasteiger partial charge in [0.1, 0.15) is 5.75 Å². The van der Waals surface area contributed by atoms with E-state index in [2.05, 4.69) is 46.0 Å². The van der Waals surface area contributed by atoms with Gasteiger partial charge in [0, 0.05) is 31.7 Å². The lowest BCUT2D eigenvalue weighted by Gasteiger charge is -2.27. The van der Waals surface area contributed by atoms with Crippen molar-refractivity contribution in [2.24, 2.45) is 4.99 Å². The molecule has 1 unspecified atom stereocenters. The van der Waals surface area contributed by atoms with E-state index in [1.165, 1.54) is 0 Å². The Hall–Kier alpha value is -1.16. The Morgan fingerprint density at radius 1 is 1.23 bits per heavy atom. The van der Waals surface area contributed by atoms with Crippen LogP contribution < -0.4 is 15.4 Å². The van der Waals surface area contributed by atoms with Crippen LogP contribution in [0.1, 0.15) is 31.9 Å². The van der Waals surface area contributed by atoms with E-state index in [9.17, 15) is 8.78 Å². The van der Waals surface area contributed by atoms with Crippen molar-refractivity contribution in [1.82, 2.24) is 15.5 Å². The van der Waals surface area contributed by atoms with Crippen LogP contribution >= 0.6 is 24.0 Å². The zero-order valence-electron chi connectivity index (χ0n) is 16.2. The van der Waals surface area contributed by atoms with E-state index < -0.39 is 6.61 Å². The minimum atomic E-state index is -2.84. The van der Waals surface area contributed by atoms with Crippen LogP contribution in [0, 0.1) is 6.92 Å². The van der Waals surface area contributed by atoms with Gasteiger partial charge in [-0.25, -0.2) is 0 Å². The molecule has 0 bridgehead atoms. The average molecular weight is 484 g/mol. The number of aryl methyl sites for hydroxylation is 1. The normalized spacial score (nSPS) is 12.7. The van der Waals surface area contributed by atoms with Crippen molar-refractivity contribution in [2.45, 2.75) is 46.9 Å².